The summed E-state index contributed by atoms with van der Waals surface area (Å²) in [5.74, 6) is -0.00381. The molecule has 2 heterocycles. The minimum absolute atomic E-state index is 0.00381. The molecule has 1 atom stereocenters. The van der Waals surface area contributed by atoms with Gasteiger partial charge >= 0.3 is 6.09 Å². The zero-order valence-electron chi connectivity index (χ0n) is 16.4. The van der Waals surface area contributed by atoms with E-state index in [4.69, 9.17) is 4.74 Å². The predicted molar refractivity (Wildman–Crippen MR) is 113 cm³/mol. The molecule has 1 N–H and O–H groups in total. The van der Waals surface area contributed by atoms with Gasteiger partial charge in [0.2, 0.25) is 0 Å². The first-order chi connectivity index (χ1) is 14.1. The molecule has 0 bridgehead atoms. The first-order valence-electron chi connectivity index (χ1n) is 9.87. The van der Waals surface area contributed by atoms with Gasteiger partial charge in [0, 0.05) is 23.1 Å². The normalized spacial score (nSPS) is 16.2. The van der Waals surface area contributed by atoms with Crippen LogP contribution in [0.1, 0.15) is 36.2 Å². The van der Waals surface area contributed by atoms with Gasteiger partial charge in [-0.15, -0.1) is 0 Å². The van der Waals surface area contributed by atoms with Crippen LogP contribution in [0.5, 0.6) is 0 Å². The Kier molecular flexibility index (Phi) is 5.47. The number of para-hydroxylation sites is 1. The van der Waals surface area contributed by atoms with Gasteiger partial charge in [-0.1, -0.05) is 54.6 Å². The number of amides is 1. The van der Waals surface area contributed by atoms with Crippen molar-refractivity contribution in [1.82, 2.24) is 9.88 Å². The van der Waals surface area contributed by atoms with Crippen LogP contribution in [0.25, 0.3) is 10.9 Å². The minimum atomic E-state index is -0.334. The van der Waals surface area contributed by atoms with Crippen molar-refractivity contribution >= 4 is 22.8 Å². The second-order valence-corrected chi connectivity index (χ2v) is 7.31. The number of benzene rings is 2. The van der Waals surface area contributed by atoms with E-state index < -0.39 is 0 Å². The van der Waals surface area contributed by atoms with Crippen LogP contribution in [0.15, 0.2) is 66.7 Å². The van der Waals surface area contributed by atoms with E-state index in [1.165, 1.54) is 17.9 Å². The number of H-pyrrole nitrogens is 1. The monoisotopic (exact) mass is 388 g/mol. The van der Waals surface area contributed by atoms with Gasteiger partial charge < -0.3 is 9.72 Å². The molecule has 0 saturated heterocycles. The molecule has 0 fully saturated rings. The molecular weight excluding hydrogens is 364 g/mol. The highest BCUT2D eigenvalue weighted by atomic mass is 16.6. The van der Waals surface area contributed by atoms with Crippen LogP contribution in [-0.4, -0.2) is 28.3 Å². The summed E-state index contributed by atoms with van der Waals surface area (Å²) in [4.78, 5) is 29.5. The highest BCUT2D eigenvalue weighted by Crippen LogP contribution is 2.36. The van der Waals surface area contributed by atoms with Gasteiger partial charge in [-0.05, 0) is 43.0 Å². The Bertz CT molecular complexity index is 1050. The number of nitrogens with zero attached hydrogens (tertiary/aromatic N) is 1. The largest absolute Gasteiger partial charge is 0.445 e. The lowest BCUT2D eigenvalue weighted by atomic mass is 9.95. The third-order valence-corrected chi connectivity index (χ3v) is 5.31. The second-order valence-electron chi connectivity index (χ2n) is 7.31. The number of aromatic nitrogens is 1. The summed E-state index contributed by atoms with van der Waals surface area (Å²) in [5, 5.41) is 1.19. The predicted octanol–water partition coefficient (Wildman–Crippen LogP) is 4.94. The fourth-order valence-corrected chi connectivity index (χ4v) is 3.95. The number of nitrogens with one attached hydrogen (secondary N) is 1. The average Bonchev–Trinajstić information content (AvgIpc) is 3.12. The molecule has 148 valence electrons. The Morgan fingerprint density at radius 2 is 1.90 bits per heavy atom. The van der Waals surface area contributed by atoms with Crippen molar-refractivity contribution < 1.29 is 14.3 Å². The Balaban J connectivity index is 1.60. The SMILES string of the molecule is CC(=O)/C=C/CC1c2[nH]c3ccccc3c2CCN1C(=O)OCc1ccccc1. The number of carbonyl (C=O) groups excluding carboxylic acids is 2. The molecule has 5 nitrogen and oxygen atoms in total. The van der Waals surface area contributed by atoms with Crippen molar-refractivity contribution in [3.8, 4) is 0 Å². The van der Waals surface area contributed by atoms with Gasteiger partial charge in [-0.2, -0.15) is 0 Å². The third kappa shape index (κ3) is 4.09. The lowest BCUT2D eigenvalue weighted by molar-refractivity contribution is -0.112. The van der Waals surface area contributed by atoms with E-state index in [9.17, 15) is 9.59 Å². The van der Waals surface area contributed by atoms with Gasteiger partial charge in [0.05, 0.1) is 6.04 Å². The standard InChI is InChI=1S/C24H24N2O3/c1-17(27)8-7-13-22-23-20(19-11-5-6-12-21(19)25-23)14-15-26(22)24(28)29-16-18-9-3-2-4-10-18/h2-12,22,25H,13-16H2,1H3/b8-7+. The third-order valence-electron chi connectivity index (χ3n) is 5.31. The minimum Gasteiger partial charge on any atom is -0.445 e. The van der Waals surface area contributed by atoms with Crippen molar-refractivity contribution in [3.05, 3.63) is 83.6 Å². The number of ether oxygens (including phenoxy) is 1. The molecule has 0 radical (unpaired) electrons. The number of ketones is 1. The summed E-state index contributed by atoms with van der Waals surface area (Å²) >= 11 is 0. The van der Waals surface area contributed by atoms with Crippen LogP contribution >= 0.6 is 0 Å². The van der Waals surface area contributed by atoms with Crippen LogP contribution in [0, 0.1) is 0 Å². The molecule has 3 aromatic rings. The lowest BCUT2D eigenvalue weighted by Gasteiger charge is -2.34. The van der Waals surface area contributed by atoms with Crippen LogP contribution in [0.3, 0.4) is 0 Å². The summed E-state index contributed by atoms with van der Waals surface area (Å²) in [5.41, 5.74) is 4.30. The van der Waals surface area contributed by atoms with Crippen LogP contribution < -0.4 is 0 Å². The molecule has 1 aliphatic rings. The van der Waals surface area contributed by atoms with Crippen LogP contribution in [0.2, 0.25) is 0 Å². The summed E-state index contributed by atoms with van der Waals surface area (Å²) in [6.07, 6.45) is 4.39. The molecular formula is C24H24N2O3. The first kappa shape index (κ1) is 19.0. The van der Waals surface area contributed by atoms with Gasteiger partial charge in [0.15, 0.2) is 5.78 Å². The maximum absolute atomic E-state index is 12.9. The fraction of sp³-hybridized carbons (Fsp3) is 0.250. The lowest BCUT2D eigenvalue weighted by Crippen LogP contribution is -2.40. The van der Waals surface area contributed by atoms with E-state index in [-0.39, 0.29) is 24.5 Å². The van der Waals surface area contributed by atoms with Gasteiger partial charge in [-0.25, -0.2) is 4.79 Å². The number of hydrogen-bond donors (Lipinski definition) is 1. The Morgan fingerprint density at radius 1 is 1.14 bits per heavy atom. The molecule has 0 aliphatic carbocycles. The van der Waals surface area contributed by atoms with Gasteiger partial charge in [0.1, 0.15) is 6.61 Å². The molecule has 5 heteroatoms. The number of hydrogen-bond acceptors (Lipinski definition) is 3. The smallest absolute Gasteiger partial charge is 0.410 e. The van der Waals surface area contributed by atoms with Crippen molar-refractivity contribution in [2.45, 2.75) is 32.4 Å². The van der Waals surface area contributed by atoms with E-state index in [1.807, 2.05) is 54.6 Å². The molecule has 1 unspecified atom stereocenters. The van der Waals surface area contributed by atoms with Crippen molar-refractivity contribution in [2.24, 2.45) is 0 Å². The number of allylic oxidation sites excluding steroid dienone is 1. The molecule has 29 heavy (non-hydrogen) atoms. The Morgan fingerprint density at radius 3 is 2.69 bits per heavy atom. The van der Waals surface area contributed by atoms with Gasteiger partial charge in [0.25, 0.3) is 0 Å². The zero-order chi connectivity index (χ0) is 20.2. The van der Waals surface area contributed by atoms with E-state index in [1.54, 1.807) is 11.0 Å². The van der Waals surface area contributed by atoms with Crippen LogP contribution in [-0.2, 0) is 22.6 Å². The second kappa shape index (κ2) is 8.35. The topological polar surface area (TPSA) is 62.4 Å². The molecule has 1 aliphatic heterocycles. The summed E-state index contributed by atoms with van der Waals surface area (Å²) < 4.78 is 5.60. The van der Waals surface area contributed by atoms with Crippen LogP contribution in [0.4, 0.5) is 4.79 Å². The summed E-state index contributed by atoms with van der Waals surface area (Å²) in [6.45, 7) is 2.35. The highest BCUT2D eigenvalue weighted by Gasteiger charge is 2.33. The maximum atomic E-state index is 12.9. The molecule has 2 aromatic carbocycles. The summed E-state index contributed by atoms with van der Waals surface area (Å²) in [6, 6.07) is 17.7. The number of aromatic amines is 1. The number of fused-ring (bicyclic) bond motifs is 3. The molecule has 0 saturated carbocycles. The zero-order valence-corrected chi connectivity index (χ0v) is 16.4. The first-order valence-corrected chi connectivity index (χ1v) is 9.87. The number of carbonyl (C=O) groups is 2. The molecule has 1 aromatic heterocycles. The van der Waals surface area contributed by atoms with Crippen molar-refractivity contribution in [2.75, 3.05) is 6.54 Å². The Hall–Kier alpha value is -3.34. The quantitative estimate of drug-likeness (QED) is 0.630. The average molecular weight is 388 g/mol. The van der Waals surface area contributed by atoms with E-state index >= 15 is 0 Å². The molecule has 1 amide bonds. The highest BCUT2D eigenvalue weighted by molar-refractivity contribution is 5.87. The van der Waals surface area contributed by atoms with Crippen molar-refractivity contribution in [1.29, 1.82) is 0 Å². The fourth-order valence-electron chi connectivity index (χ4n) is 3.95. The maximum Gasteiger partial charge on any atom is 0.410 e. The van der Waals surface area contributed by atoms with E-state index in [0.29, 0.717) is 13.0 Å². The van der Waals surface area contributed by atoms with Crippen molar-refractivity contribution in [3.63, 3.8) is 0 Å². The number of rotatable bonds is 5. The molecule has 4 rings (SSSR count). The van der Waals surface area contributed by atoms with Gasteiger partial charge in [-0.3, -0.25) is 9.69 Å². The van der Waals surface area contributed by atoms with E-state index in [2.05, 4.69) is 11.1 Å². The summed E-state index contributed by atoms with van der Waals surface area (Å²) in [7, 11) is 0. The Labute approximate surface area is 170 Å². The van der Waals surface area contributed by atoms with E-state index in [0.717, 1.165) is 23.2 Å². The molecule has 0 spiro atoms.